The monoisotopic (exact) mass is 271 g/mol. The molecular weight excluding hydrogens is 246 g/mol. The maximum atomic E-state index is 11.9. The third-order valence-corrected chi connectivity index (χ3v) is 3.16. The Hall–Kier alpha value is -1.10. The molecule has 1 heterocycles. The van der Waals surface area contributed by atoms with Crippen LogP contribution in [0.15, 0.2) is 0 Å². The van der Waals surface area contributed by atoms with Gasteiger partial charge in [-0.3, -0.25) is 9.59 Å². The van der Waals surface area contributed by atoms with Gasteiger partial charge >= 0.3 is 5.97 Å². The van der Waals surface area contributed by atoms with Gasteiger partial charge in [-0.2, -0.15) is 0 Å². The number of carbonyl (C=O) groups is 2. The van der Waals surface area contributed by atoms with Gasteiger partial charge in [-0.1, -0.05) is 13.8 Å². The number of rotatable bonds is 8. The second-order valence-corrected chi connectivity index (χ2v) is 5.49. The molecule has 0 aromatic rings. The van der Waals surface area contributed by atoms with E-state index >= 15 is 0 Å². The second-order valence-electron chi connectivity index (χ2n) is 5.49. The van der Waals surface area contributed by atoms with Crippen LogP contribution in [0, 0.1) is 11.8 Å². The fourth-order valence-electron chi connectivity index (χ4n) is 1.85. The van der Waals surface area contributed by atoms with Crippen LogP contribution in [0.5, 0.6) is 0 Å². The zero-order chi connectivity index (χ0) is 14.4. The van der Waals surface area contributed by atoms with Crippen molar-refractivity contribution in [3.05, 3.63) is 0 Å². The Morgan fingerprint density at radius 3 is 2.47 bits per heavy atom. The van der Waals surface area contributed by atoms with Gasteiger partial charge in [-0.15, -0.1) is 0 Å². The van der Waals surface area contributed by atoms with Crippen LogP contribution >= 0.6 is 0 Å². The lowest BCUT2D eigenvalue weighted by Gasteiger charge is -2.19. The van der Waals surface area contributed by atoms with Crippen molar-refractivity contribution < 1.29 is 19.1 Å². The largest absolute Gasteiger partial charge is 0.463 e. The number of esters is 1. The molecule has 1 saturated heterocycles. The summed E-state index contributed by atoms with van der Waals surface area (Å²) in [5.41, 5.74) is 0. The van der Waals surface area contributed by atoms with Crippen LogP contribution in [0.25, 0.3) is 0 Å². The lowest BCUT2D eigenvalue weighted by molar-refractivity contribution is -0.150. The van der Waals surface area contributed by atoms with E-state index in [-0.39, 0.29) is 35.9 Å². The molecule has 0 aromatic carbocycles. The number of hydrogen-bond donors (Lipinski definition) is 1. The Balaban J connectivity index is 2.36. The van der Waals surface area contributed by atoms with Crippen LogP contribution in [0.1, 0.15) is 40.5 Å². The molecule has 1 fully saturated rings. The molecule has 0 spiro atoms. The predicted molar refractivity (Wildman–Crippen MR) is 71.5 cm³/mol. The van der Waals surface area contributed by atoms with E-state index in [2.05, 4.69) is 5.32 Å². The highest BCUT2D eigenvalue weighted by atomic mass is 16.6. The Bertz CT molecular complexity index is 313. The third-order valence-electron chi connectivity index (χ3n) is 3.16. The second kappa shape index (κ2) is 7.48. The topological polar surface area (TPSA) is 67.9 Å². The van der Waals surface area contributed by atoms with Crippen LogP contribution in [0.4, 0.5) is 0 Å². The van der Waals surface area contributed by atoms with Gasteiger partial charge in [0.2, 0.25) is 5.91 Å². The van der Waals surface area contributed by atoms with Crippen molar-refractivity contribution >= 4 is 11.9 Å². The maximum Gasteiger partial charge on any atom is 0.309 e. The van der Waals surface area contributed by atoms with E-state index in [1.807, 2.05) is 27.7 Å². The lowest BCUT2D eigenvalue weighted by atomic mass is 9.93. The van der Waals surface area contributed by atoms with Gasteiger partial charge in [-0.05, 0) is 26.7 Å². The first-order chi connectivity index (χ1) is 8.93. The average molecular weight is 271 g/mol. The van der Waals surface area contributed by atoms with Crippen molar-refractivity contribution in [3.8, 4) is 0 Å². The molecule has 0 aromatic heterocycles. The summed E-state index contributed by atoms with van der Waals surface area (Å²) in [6.45, 7) is 8.64. The molecule has 1 rings (SSSR count). The Labute approximate surface area is 115 Å². The molecule has 19 heavy (non-hydrogen) atoms. The Kier molecular flexibility index (Phi) is 6.28. The highest BCUT2D eigenvalue weighted by Gasteiger charge is 2.28. The molecule has 5 nitrogen and oxygen atoms in total. The van der Waals surface area contributed by atoms with Crippen LogP contribution in [0.2, 0.25) is 0 Å². The van der Waals surface area contributed by atoms with Crippen LogP contribution < -0.4 is 5.32 Å². The summed E-state index contributed by atoms with van der Waals surface area (Å²) < 4.78 is 10.2. The van der Waals surface area contributed by atoms with Crippen LogP contribution in [-0.4, -0.2) is 37.2 Å². The van der Waals surface area contributed by atoms with Crippen LogP contribution in [0.3, 0.4) is 0 Å². The summed E-state index contributed by atoms with van der Waals surface area (Å²) in [6.07, 6.45) is 1.30. The molecule has 1 amide bonds. The summed E-state index contributed by atoms with van der Waals surface area (Å²) in [7, 11) is 0. The first-order valence-electron chi connectivity index (χ1n) is 7.02. The van der Waals surface area contributed by atoms with Gasteiger partial charge < -0.3 is 14.8 Å². The normalized spacial score (nSPS) is 20.8. The van der Waals surface area contributed by atoms with Crippen LogP contribution in [-0.2, 0) is 19.1 Å². The smallest absolute Gasteiger partial charge is 0.309 e. The van der Waals surface area contributed by atoms with Crippen molar-refractivity contribution in [2.75, 3.05) is 13.2 Å². The molecule has 0 saturated carbocycles. The molecule has 3 atom stereocenters. The molecule has 1 N–H and O–H groups in total. The zero-order valence-corrected chi connectivity index (χ0v) is 12.3. The van der Waals surface area contributed by atoms with E-state index in [1.165, 1.54) is 0 Å². The van der Waals surface area contributed by atoms with Gasteiger partial charge in [0.1, 0.15) is 12.7 Å². The number of ether oxygens (including phenoxy) is 2. The number of amides is 1. The van der Waals surface area contributed by atoms with Gasteiger partial charge in [0.25, 0.3) is 0 Å². The quantitative estimate of drug-likeness (QED) is 0.536. The molecule has 1 aliphatic heterocycles. The minimum absolute atomic E-state index is 0.00761. The fourth-order valence-corrected chi connectivity index (χ4v) is 1.85. The van der Waals surface area contributed by atoms with Gasteiger partial charge in [0, 0.05) is 12.0 Å². The Morgan fingerprint density at radius 1 is 1.37 bits per heavy atom. The molecule has 5 heteroatoms. The summed E-state index contributed by atoms with van der Waals surface area (Å²) in [6, 6.07) is 0.119. The highest BCUT2D eigenvalue weighted by molar-refractivity contribution is 5.80. The van der Waals surface area contributed by atoms with E-state index in [9.17, 15) is 9.59 Å². The highest BCUT2D eigenvalue weighted by Crippen LogP contribution is 2.19. The molecule has 110 valence electrons. The zero-order valence-electron chi connectivity index (χ0n) is 12.3. The third kappa shape index (κ3) is 6.05. The molecule has 0 aliphatic carbocycles. The van der Waals surface area contributed by atoms with Gasteiger partial charge in [-0.25, -0.2) is 0 Å². The molecular formula is C14H25NO4. The fraction of sp³-hybridized carbons (Fsp3) is 0.857. The predicted octanol–water partition coefficient (Wildman–Crippen LogP) is 1.51. The van der Waals surface area contributed by atoms with E-state index < -0.39 is 0 Å². The summed E-state index contributed by atoms with van der Waals surface area (Å²) in [4.78, 5) is 23.7. The summed E-state index contributed by atoms with van der Waals surface area (Å²) in [5.74, 6) is -0.627. The molecule has 0 bridgehead atoms. The molecule has 0 radical (unpaired) electrons. The first kappa shape index (κ1) is 16.0. The van der Waals surface area contributed by atoms with Crippen molar-refractivity contribution in [1.82, 2.24) is 5.32 Å². The first-order valence-corrected chi connectivity index (χ1v) is 7.02. The SMILES string of the molecule is CCC(CC(C)C(=O)NC(C)C)C(=O)OCC1CO1. The standard InChI is InChI=1S/C14H25NO4/c1-5-11(14(17)19-8-12-7-18-12)6-10(4)13(16)15-9(2)3/h9-12H,5-8H2,1-4H3,(H,15,16). The molecule has 3 unspecified atom stereocenters. The Morgan fingerprint density at radius 2 is 2.00 bits per heavy atom. The lowest BCUT2D eigenvalue weighted by Crippen LogP contribution is -2.36. The minimum Gasteiger partial charge on any atom is -0.463 e. The number of carbonyl (C=O) groups excluding carboxylic acids is 2. The minimum atomic E-state index is -0.220. The van der Waals surface area contributed by atoms with Crippen molar-refractivity contribution in [1.29, 1.82) is 0 Å². The van der Waals surface area contributed by atoms with Crippen molar-refractivity contribution in [3.63, 3.8) is 0 Å². The van der Waals surface area contributed by atoms with Gasteiger partial charge in [0.05, 0.1) is 12.5 Å². The summed E-state index contributed by atoms with van der Waals surface area (Å²) >= 11 is 0. The number of hydrogen-bond acceptors (Lipinski definition) is 4. The summed E-state index contributed by atoms with van der Waals surface area (Å²) in [5, 5.41) is 2.86. The van der Waals surface area contributed by atoms with E-state index in [4.69, 9.17) is 9.47 Å². The van der Waals surface area contributed by atoms with Crippen molar-refractivity contribution in [2.24, 2.45) is 11.8 Å². The maximum absolute atomic E-state index is 11.9. The average Bonchev–Trinajstić information content (AvgIpc) is 3.15. The molecule has 1 aliphatic rings. The van der Waals surface area contributed by atoms with E-state index in [1.54, 1.807) is 0 Å². The van der Waals surface area contributed by atoms with Crippen molar-refractivity contribution in [2.45, 2.75) is 52.7 Å². The van der Waals surface area contributed by atoms with E-state index in [0.717, 1.165) is 0 Å². The number of nitrogens with one attached hydrogen (secondary N) is 1. The number of epoxide rings is 1. The van der Waals surface area contributed by atoms with E-state index in [0.29, 0.717) is 26.1 Å². The van der Waals surface area contributed by atoms with Gasteiger partial charge in [0.15, 0.2) is 0 Å².